The first-order chi connectivity index (χ1) is 13.9. The number of rotatable bonds is 3. The van der Waals surface area contributed by atoms with E-state index in [-0.39, 0.29) is 40.0 Å². The van der Waals surface area contributed by atoms with Crippen LogP contribution in [0.1, 0.15) is 44.1 Å². The summed E-state index contributed by atoms with van der Waals surface area (Å²) in [5.74, 6) is -0.530. The second-order valence-electron chi connectivity index (χ2n) is 7.44. The maximum Gasteiger partial charge on any atom is 0.279 e. The summed E-state index contributed by atoms with van der Waals surface area (Å²) in [6.07, 6.45) is 2.49. The molecule has 3 aromatic heterocycles. The summed E-state index contributed by atoms with van der Waals surface area (Å²) in [5, 5.41) is 23.5. The molecule has 1 aliphatic carbocycles. The highest BCUT2D eigenvalue weighted by Gasteiger charge is 2.47. The summed E-state index contributed by atoms with van der Waals surface area (Å²) in [4.78, 5) is 21.8. The quantitative estimate of drug-likeness (QED) is 0.565. The van der Waals surface area contributed by atoms with Gasteiger partial charge in [-0.05, 0) is 38.8 Å². The monoisotopic (exact) mass is 394 g/mol. The predicted molar refractivity (Wildman–Crippen MR) is 98.4 cm³/mol. The Labute approximate surface area is 162 Å². The molecule has 0 unspecified atom stereocenters. The van der Waals surface area contributed by atoms with Crippen LogP contribution < -0.4 is 5.56 Å². The maximum atomic E-state index is 14.3. The van der Waals surface area contributed by atoms with Gasteiger partial charge in [-0.1, -0.05) is 5.16 Å². The molecule has 3 heterocycles. The third kappa shape index (κ3) is 2.34. The zero-order valence-corrected chi connectivity index (χ0v) is 15.5. The number of hydrogen-bond donors (Lipinski definition) is 1. The third-order valence-electron chi connectivity index (χ3n) is 5.19. The Kier molecular flexibility index (Phi) is 3.45. The molecule has 0 amide bonds. The van der Waals surface area contributed by atoms with Crippen LogP contribution in [0.4, 0.5) is 4.39 Å². The van der Waals surface area contributed by atoms with Crippen LogP contribution in [-0.2, 0) is 5.60 Å². The van der Waals surface area contributed by atoms with Crippen LogP contribution in [0.2, 0.25) is 0 Å². The summed E-state index contributed by atoms with van der Waals surface area (Å²) in [6.45, 7) is 3.54. The lowest BCUT2D eigenvalue weighted by Gasteiger charge is -2.16. The maximum absolute atomic E-state index is 14.3. The lowest BCUT2D eigenvalue weighted by atomic mass is 10.1. The Hall–Kier alpha value is -3.58. The molecule has 10 heteroatoms. The van der Waals surface area contributed by atoms with Gasteiger partial charge in [0.1, 0.15) is 34.9 Å². The fraction of sp³-hybridized carbons (Fsp3) is 0.316. The molecule has 1 N–H and O–H groups in total. The summed E-state index contributed by atoms with van der Waals surface area (Å²) in [7, 11) is 0. The van der Waals surface area contributed by atoms with Crippen LogP contribution in [0.3, 0.4) is 0 Å². The first kappa shape index (κ1) is 17.5. The number of aromatic nitrogens is 5. The molecule has 29 heavy (non-hydrogen) atoms. The van der Waals surface area contributed by atoms with E-state index in [2.05, 4.69) is 15.1 Å². The molecule has 0 radical (unpaired) electrons. The van der Waals surface area contributed by atoms with E-state index in [0.29, 0.717) is 18.4 Å². The van der Waals surface area contributed by atoms with Gasteiger partial charge in [-0.3, -0.25) is 9.20 Å². The van der Waals surface area contributed by atoms with Crippen molar-refractivity contribution in [2.75, 3.05) is 0 Å². The Bertz CT molecular complexity index is 1400. The second kappa shape index (κ2) is 5.71. The summed E-state index contributed by atoms with van der Waals surface area (Å²) < 4.78 is 22.4. The molecule has 0 bridgehead atoms. The Balaban J connectivity index is 1.88. The molecule has 1 fully saturated rings. The highest BCUT2D eigenvalue weighted by Crippen LogP contribution is 2.44. The first-order valence-corrected chi connectivity index (χ1v) is 9.06. The van der Waals surface area contributed by atoms with Gasteiger partial charge in [-0.25, -0.2) is 9.37 Å². The van der Waals surface area contributed by atoms with Crippen LogP contribution >= 0.6 is 0 Å². The molecular formula is C19H15FN6O3. The van der Waals surface area contributed by atoms with Crippen LogP contribution in [0.15, 0.2) is 27.8 Å². The largest absolute Gasteiger partial charge is 0.382 e. The molecule has 4 aromatic rings. The van der Waals surface area contributed by atoms with Crippen molar-refractivity contribution >= 4 is 16.6 Å². The number of halogens is 1. The van der Waals surface area contributed by atoms with Crippen molar-refractivity contribution in [1.82, 2.24) is 24.1 Å². The minimum atomic E-state index is -1.08. The molecule has 0 saturated heterocycles. The van der Waals surface area contributed by atoms with E-state index >= 15 is 0 Å². The summed E-state index contributed by atoms with van der Waals surface area (Å²) in [6, 6.07) is 4.18. The Morgan fingerprint density at radius 2 is 2.10 bits per heavy atom. The smallest absolute Gasteiger partial charge is 0.279 e. The van der Waals surface area contributed by atoms with Crippen molar-refractivity contribution in [3.8, 4) is 17.7 Å². The fourth-order valence-corrected chi connectivity index (χ4v) is 3.55. The van der Waals surface area contributed by atoms with E-state index in [1.54, 1.807) is 13.8 Å². The molecule has 1 aromatic carbocycles. The van der Waals surface area contributed by atoms with Gasteiger partial charge < -0.3 is 14.2 Å². The molecule has 1 aliphatic rings. The SMILES string of the molecule is CC(C)n1c(=O)c2c(-c3nc(C4(O)CC4)no3)ncn2c2ccc(F)c(C#N)c21. The lowest BCUT2D eigenvalue weighted by Crippen LogP contribution is -2.25. The van der Waals surface area contributed by atoms with Crippen LogP contribution in [0.5, 0.6) is 0 Å². The predicted octanol–water partition coefficient (Wildman–Crippen LogP) is 2.27. The van der Waals surface area contributed by atoms with Gasteiger partial charge in [0.25, 0.3) is 11.4 Å². The van der Waals surface area contributed by atoms with Gasteiger partial charge in [0.15, 0.2) is 5.69 Å². The van der Waals surface area contributed by atoms with Crippen LogP contribution in [0, 0.1) is 17.1 Å². The van der Waals surface area contributed by atoms with Crippen LogP contribution in [0.25, 0.3) is 28.1 Å². The van der Waals surface area contributed by atoms with E-state index in [9.17, 15) is 19.6 Å². The van der Waals surface area contributed by atoms with Crippen molar-refractivity contribution in [3.05, 3.63) is 46.0 Å². The summed E-state index contributed by atoms with van der Waals surface area (Å²) >= 11 is 0. The van der Waals surface area contributed by atoms with Gasteiger partial charge in [-0.2, -0.15) is 10.2 Å². The van der Waals surface area contributed by atoms with Crippen molar-refractivity contribution in [1.29, 1.82) is 5.26 Å². The molecule has 146 valence electrons. The number of benzene rings is 1. The minimum absolute atomic E-state index is 0.0113. The van der Waals surface area contributed by atoms with E-state index in [0.717, 1.165) is 0 Å². The second-order valence-corrected chi connectivity index (χ2v) is 7.44. The molecule has 0 spiro atoms. The third-order valence-corrected chi connectivity index (χ3v) is 5.19. The van der Waals surface area contributed by atoms with Crippen molar-refractivity contribution < 1.29 is 14.0 Å². The number of imidazole rings is 1. The van der Waals surface area contributed by atoms with Gasteiger partial charge in [0.05, 0.1) is 11.0 Å². The average molecular weight is 394 g/mol. The molecule has 5 rings (SSSR count). The van der Waals surface area contributed by atoms with E-state index < -0.39 is 17.0 Å². The lowest BCUT2D eigenvalue weighted by molar-refractivity contribution is 0.137. The van der Waals surface area contributed by atoms with Gasteiger partial charge in [0, 0.05) is 6.04 Å². The Morgan fingerprint density at radius 1 is 1.34 bits per heavy atom. The number of nitrogens with zero attached hydrogens (tertiary/aromatic N) is 6. The molecule has 1 saturated carbocycles. The summed E-state index contributed by atoms with van der Waals surface area (Å²) in [5.41, 5.74) is -0.778. The van der Waals surface area contributed by atoms with E-state index in [1.165, 1.54) is 27.4 Å². The molecule has 0 aliphatic heterocycles. The zero-order valence-electron chi connectivity index (χ0n) is 15.5. The van der Waals surface area contributed by atoms with Crippen molar-refractivity contribution in [2.24, 2.45) is 0 Å². The van der Waals surface area contributed by atoms with Gasteiger partial charge in [0.2, 0.25) is 5.82 Å². The molecular weight excluding hydrogens is 379 g/mol. The molecule has 0 atom stereocenters. The zero-order chi connectivity index (χ0) is 20.5. The van der Waals surface area contributed by atoms with Gasteiger partial charge >= 0.3 is 0 Å². The number of hydrogen-bond acceptors (Lipinski definition) is 7. The minimum Gasteiger partial charge on any atom is -0.382 e. The average Bonchev–Trinajstić information content (AvgIpc) is 3.11. The van der Waals surface area contributed by atoms with Gasteiger partial charge in [-0.15, -0.1) is 0 Å². The highest BCUT2D eigenvalue weighted by atomic mass is 19.1. The number of fused-ring (bicyclic) bond motifs is 3. The Morgan fingerprint density at radius 3 is 2.76 bits per heavy atom. The normalized spacial score (nSPS) is 15.3. The van der Waals surface area contributed by atoms with Crippen molar-refractivity contribution in [2.45, 2.75) is 38.3 Å². The number of nitriles is 1. The van der Waals surface area contributed by atoms with E-state index in [1.807, 2.05) is 6.07 Å². The fourth-order valence-electron chi connectivity index (χ4n) is 3.55. The van der Waals surface area contributed by atoms with Crippen molar-refractivity contribution in [3.63, 3.8) is 0 Å². The molecule has 9 nitrogen and oxygen atoms in total. The topological polar surface area (TPSA) is 122 Å². The van der Waals surface area contributed by atoms with Crippen LogP contribution in [-0.4, -0.2) is 29.2 Å². The van der Waals surface area contributed by atoms with E-state index in [4.69, 9.17) is 4.52 Å². The standard InChI is InChI=1S/C19H15FN6O3/c1-9(2)26-14-10(7-21)11(20)3-4-12(14)25-8-22-13(15(25)17(26)27)16-23-18(24-29-16)19(28)5-6-19/h3-4,8-9,28H,5-6H2,1-2H3. The first-order valence-electron chi connectivity index (χ1n) is 9.06. The highest BCUT2D eigenvalue weighted by molar-refractivity contribution is 5.87. The number of aliphatic hydroxyl groups is 1.